The molecule has 0 saturated carbocycles. The van der Waals surface area contributed by atoms with Crippen LogP contribution in [0.15, 0.2) is 36.9 Å². The lowest BCUT2D eigenvalue weighted by Gasteiger charge is -2.05. The van der Waals surface area contributed by atoms with Gasteiger partial charge in [-0.3, -0.25) is 0 Å². The lowest BCUT2D eigenvalue weighted by Crippen LogP contribution is -2.00. The van der Waals surface area contributed by atoms with Crippen LogP contribution in [0.5, 0.6) is 0 Å². The maximum Gasteiger partial charge on any atom is 0.197 e. The van der Waals surface area contributed by atoms with E-state index in [-0.39, 0.29) is 5.17 Å². The fraction of sp³-hybridized carbons (Fsp3) is 0.100. The average molecular weight is 473 g/mol. The molecule has 5 nitrogen and oxygen atoms in total. The molecule has 0 saturated heterocycles. The second-order valence-corrected chi connectivity index (χ2v) is 6.43. The van der Waals surface area contributed by atoms with E-state index >= 15 is 0 Å². The molecule has 0 amide bonds. The SMILES string of the molecule is O/N=C(\Cl)c1cn(Cc2cc(Br)c(Br)c(Br)c2)nn1. The quantitative estimate of drug-likeness (QED) is 0.318. The molecule has 0 aliphatic heterocycles. The van der Waals surface area contributed by atoms with Gasteiger partial charge in [0.25, 0.3) is 0 Å². The number of oxime groups is 1. The predicted molar refractivity (Wildman–Crippen MR) is 82.8 cm³/mol. The highest BCUT2D eigenvalue weighted by Gasteiger charge is 2.09. The second kappa shape index (κ2) is 6.34. The first kappa shape index (κ1) is 15.0. The Bertz CT molecular complexity index is 620. The molecule has 0 aliphatic carbocycles. The zero-order chi connectivity index (χ0) is 14.0. The van der Waals surface area contributed by atoms with Gasteiger partial charge < -0.3 is 5.21 Å². The Hall–Kier alpha value is -0.440. The van der Waals surface area contributed by atoms with Gasteiger partial charge in [0.15, 0.2) is 5.17 Å². The summed E-state index contributed by atoms with van der Waals surface area (Å²) in [4.78, 5) is 0. The number of rotatable bonds is 3. The topological polar surface area (TPSA) is 63.3 Å². The predicted octanol–water partition coefficient (Wildman–Crippen LogP) is 3.99. The fourth-order valence-corrected chi connectivity index (χ4v) is 3.00. The Morgan fingerprint density at radius 2 is 1.95 bits per heavy atom. The Morgan fingerprint density at radius 1 is 1.32 bits per heavy atom. The van der Waals surface area contributed by atoms with Gasteiger partial charge in [-0.15, -0.1) is 5.10 Å². The third-order valence-corrected chi connectivity index (χ3v) is 5.66. The molecule has 19 heavy (non-hydrogen) atoms. The van der Waals surface area contributed by atoms with Crippen LogP contribution in [0.25, 0.3) is 0 Å². The van der Waals surface area contributed by atoms with Crippen LogP contribution in [0.4, 0.5) is 0 Å². The van der Waals surface area contributed by atoms with Gasteiger partial charge in [0.2, 0.25) is 0 Å². The van der Waals surface area contributed by atoms with E-state index < -0.39 is 0 Å². The third kappa shape index (κ3) is 3.56. The number of halogens is 4. The summed E-state index contributed by atoms with van der Waals surface area (Å²) < 4.78 is 4.43. The van der Waals surface area contributed by atoms with Crippen molar-refractivity contribution in [1.29, 1.82) is 0 Å². The number of aromatic nitrogens is 3. The molecular formula is C10H6Br3ClN4O. The molecule has 1 N–H and O–H groups in total. The van der Waals surface area contributed by atoms with Crippen molar-refractivity contribution in [3.63, 3.8) is 0 Å². The standard InChI is InChI=1S/C10H6Br3ClN4O/c11-6-1-5(2-7(12)9(6)13)3-18-4-8(15-17-18)10(14)16-19/h1-2,4,19H,3H2/b16-10-. The molecule has 2 rings (SSSR count). The van der Waals surface area contributed by atoms with Crippen molar-refractivity contribution in [2.45, 2.75) is 6.54 Å². The van der Waals surface area contributed by atoms with E-state index in [1.807, 2.05) is 12.1 Å². The van der Waals surface area contributed by atoms with Gasteiger partial charge in [0, 0.05) is 13.4 Å². The second-order valence-electron chi connectivity index (χ2n) is 3.57. The van der Waals surface area contributed by atoms with Gasteiger partial charge in [-0.1, -0.05) is 22.0 Å². The first-order chi connectivity index (χ1) is 9.01. The largest absolute Gasteiger partial charge is 0.410 e. The first-order valence-corrected chi connectivity index (χ1v) is 7.68. The van der Waals surface area contributed by atoms with E-state index in [0.29, 0.717) is 12.2 Å². The summed E-state index contributed by atoms with van der Waals surface area (Å²) in [7, 11) is 0. The van der Waals surface area contributed by atoms with Gasteiger partial charge >= 0.3 is 0 Å². The van der Waals surface area contributed by atoms with Crippen molar-refractivity contribution in [2.24, 2.45) is 5.16 Å². The number of nitrogens with zero attached hydrogens (tertiary/aromatic N) is 4. The minimum absolute atomic E-state index is 0.0931. The van der Waals surface area contributed by atoms with E-state index in [9.17, 15) is 0 Å². The van der Waals surface area contributed by atoms with Crippen LogP contribution < -0.4 is 0 Å². The zero-order valence-corrected chi connectivity index (χ0v) is 14.7. The highest BCUT2D eigenvalue weighted by Crippen LogP contribution is 2.32. The molecule has 0 bridgehead atoms. The van der Waals surface area contributed by atoms with Gasteiger partial charge in [-0.25, -0.2) is 4.68 Å². The monoisotopic (exact) mass is 470 g/mol. The van der Waals surface area contributed by atoms with Gasteiger partial charge in [-0.05, 0) is 65.5 Å². The maximum atomic E-state index is 8.55. The first-order valence-electron chi connectivity index (χ1n) is 4.92. The Labute approximate surface area is 139 Å². The van der Waals surface area contributed by atoms with Crippen LogP contribution in [-0.4, -0.2) is 25.4 Å². The van der Waals surface area contributed by atoms with Crippen LogP contribution >= 0.6 is 59.4 Å². The van der Waals surface area contributed by atoms with E-state index in [1.165, 1.54) is 0 Å². The van der Waals surface area contributed by atoms with Crippen LogP contribution in [0.2, 0.25) is 0 Å². The van der Waals surface area contributed by atoms with E-state index in [0.717, 1.165) is 19.0 Å². The van der Waals surface area contributed by atoms with Gasteiger partial charge in [0.05, 0.1) is 12.7 Å². The molecular weight excluding hydrogens is 467 g/mol. The maximum absolute atomic E-state index is 8.55. The van der Waals surface area contributed by atoms with Crippen molar-refractivity contribution in [3.8, 4) is 0 Å². The summed E-state index contributed by atoms with van der Waals surface area (Å²) in [5.74, 6) is 0. The molecule has 1 heterocycles. The Morgan fingerprint density at radius 3 is 2.53 bits per heavy atom. The number of benzene rings is 1. The van der Waals surface area contributed by atoms with Crippen molar-refractivity contribution < 1.29 is 5.21 Å². The summed E-state index contributed by atoms with van der Waals surface area (Å²) in [5.41, 5.74) is 1.34. The molecule has 0 atom stereocenters. The molecule has 2 aromatic rings. The Balaban J connectivity index is 2.24. The summed E-state index contributed by atoms with van der Waals surface area (Å²) >= 11 is 16.0. The fourth-order valence-electron chi connectivity index (χ4n) is 1.41. The molecule has 0 radical (unpaired) electrons. The van der Waals surface area contributed by atoms with Gasteiger partial charge in [-0.2, -0.15) is 0 Å². The highest BCUT2D eigenvalue weighted by molar-refractivity contribution is 9.14. The third-order valence-electron chi connectivity index (χ3n) is 2.23. The smallest absolute Gasteiger partial charge is 0.197 e. The molecule has 0 unspecified atom stereocenters. The summed E-state index contributed by atoms with van der Waals surface area (Å²) in [6, 6.07) is 3.94. The minimum atomic E-state index is -0.0931. The average Bonchev–Trinajstić information content (AvgIpc) is 2.83. The number of hydrogen-bond donors (Lipinski definition) is 1. The van der Waals surface area contributed by atoms with E-state index in [2.05, 4.69) is 63.3 Å². The molecule has 0 aliphatic rings. The minimum Gasteiger partial charge on any atom is -0.410 e. The van der Waals surface area contributed by atoms with Crippen LogP contribution in [0.1, 0.15) is 11.3 Å². The lowest BCUT2D eigenvalue weighted by atomic mass is 10.2. The summed E-state index contributed by atoms with van der Waals surface area (Å²) in [6.45, 7) is 0.521. The van der Waals surface area contributed by atoms with Crippen LogP contribution in [-0.2, 0) is 6.54 Å². The molecule has 9 heteroatoms. The molecule has 0 spiro atoms. The van der Waals surface area contributed by atoms with E-state index in [1.54, 1.807) is 10.9 Å². The molecule has 100 valence electrons. The van der Waals surface area contributed by atoms with Crippen molar-refractivity contribution in [2.75, 3.05) is 0 Å². The van der Waals surface area contributed by atoms with Crippen LogP contribution in [0, 0.1) is 0 Å². The van der Waals surface area contributed by atoms with Crippen molar-refractivity contribution in [1.82, 2.24) is 15.0 Å². The van der Waals surface area contributed by atoms with Crippen molar-refractivity contribution in [3.05, 3.63) is 43.0 Å². The Kier molecular flexibility index (Phi) is 4.99. The van der Waals surface area contributed by atoms with Crippen molar-refractivity contribution >= 4 is 64.6 Å². The summed E-state index contributed by atoms with van der Waals surface area (Å²) in [6.07, 6.45) is 1.60. The zero-order valence-electron chi connectivity index (χ0n) is 9.19. The lowest BCUT2D eigenvalue weighted by molar-refractivity contribution is 0.320. The molecule has 1 aromatic carbocycles. The van der Waals surface area contributed by atoms with E-state index in [4.69, 9.17) is 16.8 Å². The number of hydrogen-bond acceptors (Lipinski definition) is 4. The molecule has 1 aromatic heterocycles. The van der Waals surface area contributed by atoms with Crippen LogP contribution in [0.3, 0.4) is 0 Å². The van der Waals surface area contributed by atoms with Gasteiger partial charge in [0.1, 0.15) is 5.69 Å². The normalized spacial score (nSPS) is 11.9. The molecule has 0 fully saturated rings. The highest BCUT2D eigenvalue weighted by atomic mass is 79.9. The summed E-state index contributed by atoms with van der Waals surface area (Å²) in [5, 5.41) is 19.0.